The zero-order valence-corrected chi connectivity index (χ0v) is 15.8. The number of rotatable bonds is 5. The molecule has 140 valence electrons. The third-order valence-electron chi connectivity index (χ3n) is 5.99. The van der Waals surface area contributed by atoms with Gasteiger partial charge in [-0.15, -0.1) is 0 Å². The van der Waals surface area contributed by atoms with Crippen molar-refractivity contribution in [2.75, 3.05) is 5.32 Å². The predicted octanol–water partition coefficient (Wildman–Crippen LogP) is 5.12. The van der Waals surface area contributed by atoms with E-state index >= 15 is 0 Å². The van der Waals surface area contributed by atoms with E-state index in [4.69, 9.17) is 0 Å². The minimum absolute atomic E-state index is 0.0625. The molecule has 0 aliphatic heterocycles. The van der Waals surface area contributed by atoms with E-state index < -0.39 is 0 Å². The number of para-hydroxylation sites is 1. The fourth-order valence-corrected chi connectivity index (χ4v) is 4.45. The van der Waals surface area contributed by atoms with Crippen LogP contribution in [0.3, 0.4) is 0 Å². The van der Waals surface area contributed by atoms with E-state index in [-0.39, 0.29) is 17.6 Å². The van der Waals surface area contributed by atoms with Gasteiger partial charge in [0, 0.05) is 17.9 Å². The van der Waals surface area contributed by atoms with Crippen LogP contribution in [0.5, 0.6) is 0 Å². The van der Waals surface area contributed by atoms with Crippen LogP contribution in [-0.4, -0.2) is 11.7 Å². The van der Waals surface area contributed by atoms with Crippen LogP contribution in [0.15, 0.2) is 42.5 Å². The number of fused-ring (bicyclic) bond motifs is 1. The molecule has 0 atom stereocenters. The molecule has 0 saturated heterocycles. The number of amides is 1. The molecule has 0 aromatic heterocycles. The van der Waals surface area contributed by atoms with Crippen LogP contribution in [0.4, 0.5) is 5.69 Å². The van der Waals surface area contributed by atoms with Crippen LogP contribution in [0, 0.1) is 5.92 Å². The lowest BCUT2D eigenvalue weighted by atomic mass is 9.88. The summed E-state index contributed by atoms with van der Waals surface area (Å²) < 4.78 is 0. The summed E-state index contributed by atoms with van der Waals surface area (Å²) in [5.41, 5.74) is 5.14. The van der Waals surface area contributed by atoms with Gasteiger partial charge in [-0.25, -0.2) is 0 Å². The highest BCUT2D eigenvalue weighted by Gasteiger charge is 2.22. The fourth-order valence-electron chi connectivity index (χ4n) is 4.45. The summed E-state index contributed by atoms with van der Waals surface area (Å²) in [5, 5.41) is 3.03. The van der Waals surface area contributed by atoms with E-state index in [9.17, 15) is 9.59 Å². The van der Waals surface area contributed by atoms with Crippen molar-refractivity contribution in [1.82, 2.24) is 0 Å². The maximum atomic E-state index is 12.9. The molecule has 0 spiro atoms. The third kappa shape index (κ3) is 4.13. The molecule has 1 fully saturated rings. The van der Waals surface area contributed by atoms with E-state index in [1.165, 1.54) is 24.0 Å². The maximum absolute atomic E-state index is 12.9. The first-order valence-corrected chi connectivity index (χ1v) is 10.2. The van der Waals surface area contributed by atoms with Gasteiger partial charge in [-0.1, -0.05) is 49.6 Å². The normalized spacial score (nSPS) is 16.7. The Morgan fingerprint density at radius 3 is 2.52 bits per heavy atom. The molecule has 3 nitrogen and oxygen atoms in total. The minimum Gasteiger partial charge on any atom is -0.325 e. The highest BCUT2D eigenvalue weighted by molar-refractivity contribution is 6.06. The van der Waals surface area contributed by atoms with Crippen molar-refractivity contribution in [3.05, 3.63) is 64.7 Å². The Morgan fingerprint density at radius 1 is 0.889 bits per heavy atom. The van der Waals surface area contributed by atoms with Gasteiger partial charge in [-0.05, 0) is 60.9 Å². The van der Waals surface area contributed by atoms with Crippen LogP contribution in [-0.2, 0) is 24.1 Å². The average molecular weight is 361 g/mol. The highest BCUT2D eigenvalue weighted by Crippen LogP contribution is 2.27. The molecule has 1 N–H and O–H groups in total. The van der Waals surface area contributed by atoms with Crippen LogP contribution in [0.2, 0.25) is 0 Å². The fraction of sp³-hybridized carbons (Fsp3) is 0.417. The van der Waals surface area contributed by atoms with Crippen molar-refractivity contribution in [3.8, 4) is 0 Å². The Morgan fingerprint density at radius 2 is 1.67 bits per heavy atom. The first-order chi connectivity index (χ1) is 13.2. The molecule has 3 heteroatoms. The lowest BCUT2D eigenvalue weighted by Crippen LogP contribution is -2.25. The number of hydrogen-bond acceptors (Lipinski definition) is 2. The molecule has 2 aromatic rings. The van der Waals surface area contributed by atoms with Gasteiger partial charge in [0.15, 0.2) is 5.78 Å². The lowest BCUT2D eigenvalue weighted by Gasteiger charge is -2.21. The summed E-state index contributed by atoms with van der Waals surface area (Å²) in [6.07, 6.45) is 9.24. The largest absolute Gasteiger partial charge is 0.325 e. The van der Waals surface area contributed by atoms with Gasteiger partial charge in [0.05, 0.1) is 5.69 Å². The monoisotopic (exact) mass is 361 g/mol. The minimum atomic E-state index is 0.0625. The molecule has 4 rings (SSSR count). The second-order valence-corrected chi connectivity index (χ2v) is 7.93. The smallest absolute Gasteiger partial charge is 0.227 e. The number of benzene rings is 2. The van der Waals surface area contributed by atoms with Crippen molar-refractivity contribution in [2.45, 2.75) is 57.8 Å². The summed E-state index contributed by atoms with van der Waals surface area (Å²) in [6, 6.07) is 13.8. The summed E-state index contributed by atoms with van der Waals surface area (Å²) in [4.78, 5) is 25.5. The molecule has 0 radical (unpaired) electrons. The standard InChI is InChI=1S/C24H27NO2/c26-23(16-17-13-14-18-9-6-10-20(18)15-17)21-11-4-5-12-22(21)25-24(27)19-7-2-1-3-8-19/h4-5,11-15,19H,1-3,6-10,16H2,(H,25,27). The molecule has 0 heterocycles. The molecular weight excluding hydrogens is 334 g/mol. The summed E-state index contributed by atoms with van der Waals surface area (Å²) in [7, 11) is 0. The zero-order valence-electron chi connectivity index (χ0n) is 15.8. The second kappa shape index (κ2) is 8.08. The Labute approximate surface area is 161 Å². The van der Waals surface area contributed by atoms with Gasteiger partial charge in [0.25, 0.3) is 0 Å². The third-order valence-corrected chi connectivity index (χ3v) is 5.99. The number of anilines is 1. The first-order valence-electron chi connectivity index (χ1n) is 10.2. The predicted molar refractivity (Wildman–Crippen MR) is 108 cm³/mol. The molecular formula is C24H27NO2. The van der Waals surface area contributed by atoms with Gasteiger partial charge < -0.3 is 5.32 Å². The maximum Gasteiger partial charge on any atom is 0.227 e. The molecule has 2 aromatic carbocycles. The topological polar surface area (TPSA) is 46.2 Å². The van der Waals surface area contributed by atoms with Gasteiger partial charge in [-0.3, -0.25) is 9.59 Å². The van der Waals surface area contributed by atoms with Crippen molar-refractivity contribution >= 4 is 17.4 Å². The number of nitrogens with one attached hydrogen (secondary N) is 1. The van der Waals surface area contributed by atoms with Crippen molar-refractivity contribution in [1.29, 1.82) is 0 Å². The summed E-state index contributed by atoms with van der Waals surface area (Å²) >= 11 is 0. The van der Waals surface area contributed by atoms with Crippen molar-refractivity contribution in [2.24, 2.45) is 5.92 Å². The summed E-state index contributed by atoms with van der Waals surface area (Å²) in [6.45, 7) is 0. The van der Waals surface area contributed by atoms with E-state index in [0.717, 1.165) is 44.1 Å². The van der Waals surface area contributed by atoms with E-state index in [0.29, 0.717) is 17.7 Å². The lowest BCUT2D eigenvalue weighted by molar-refractivity contribution is -0.120. The molecule has 2 aliphatic rings. The van der Waals surface area contributed by atoms with Crippen LogP contribution < -0.4 is 5.32 Å². The molecule has 0 unspecified atom stereocenters. The van der Waals surface area contributed by atoms with E-state index in [1.807, 2.05) is 24.3 Å². The second-order valence-electron chi connectivity index (χ2n) is 7.93. The molecule has 0 bridgehead atoms. The van der Waals surface area contributed by atoms with Crippen molar-refractivity contribution in [3.63, 3.8) is 0 Å². The first kappa shape index (κ1) is 18.0. The number of carbonyl (C=O) groups is 2. The van der Waals surface area contributed by atoms with E-state index in [1.54, 1.807) is 0 Å². The molecule has 1 saturated carbocycles. The zero-order chi connectivity index (χ0) is 18.6. The van der Waals surface area contributed by atoms with Crippen LogP contribution in [0.25, 0.3) is 0 Å². The quantitative estimate of drug-likeness (QED) is 0.751. The van der Waals surface area contributed by atoms with Crippen LogP contribution >= 0.6 is 0 Å². The number of carbonyl (C=O) groups excluding carboxylic acids is 2. The van der Waals surface area contributed by atoms with Crippen molar-refractivity contribution < 1.29 is 9.59 Å². The SMILES string of the molecule is O=C(Cc1ccc2c(c1)CCC2)c1ccccc1NC(=O)C1CCCCC1. The summed E-state index contributed by atoms with van der Waals surface area (Å²) in [5.74, 6) is 0.207. The van der Waals surface area contributed by atoms with Gasteiger partial charge >= 0.3 is 0 Å². The van der Waals surface area contributed by atoms with Gasteiger partial charge in [-0.2, -0.15) is 0 Å². The van der Waals surface area contributed by atoms with E-state index in [2.05, 4.69) is 23.5 Å². The Bertz CT molecular complexity index is 849. The molecule has 2 aliphatic carbocycles. The highest BCUT2D eigenvalue weighted by atomic mass is 16.2. The Balaban J connectivity index is 1.48. The number of aryl methyl sites for hydroxylation is 2. The molecule has 27 heavy (non-hydrogen) atoms. The number of hydrogen-bond donors (Lipinski definition) is 1. The molecule has 1 amide bonds. The van der Waals surface area contributed by atoms with Crippen LogP contribution in [0.1, 0.15) is 65.6 Å². The number of Topliss-reactive ketones (excluding diaryl/α,β-unsaturated/α-hetero) is 1. The van der Waals surface area contributed by atoms with Gasteiger partial charge in [0.2, 0.25) is 5.91 Å². The average Bonchev–Trinajstić information content (AvgIpc) is 3.17. The Hall–Kier alpha value is -2.42. The Kier molecular flexibility index (Phi) is 5.38. The van der Waals surface area contributed by atoms with Gasteiger partial charge in [0.1, 0.15) is 0 Å². The number of ketones is 1.